The van der Waals surface area contributed by atoms with Crippen molar-refractivity contribution in [1.29, 1.82) is 0 Å². The molecule has 2 heterocycles. The molecule has 0 amide bonds. The fraction of sp³-hybridized carbons (Fsp3) is 0.222. The van der Waals surface area contributed by atoms with E-state index in [4.69, 9.17) is 11.5 Å². The van der Waals surface area contributed by atoms with E-state index in [1.54, 1.807) is 6.20 Å². The van der Waals surface area contributed by atoms with E-state index in [-0.39, 0.29) is 0 Å². The highest BCUT2D eigenvalue weighted by Crippen LogP contribution is 2.18. The minimum atomic E-state index is 0.586. The van der Waals surface area contributed by atoms with Gasteiger partial charge >= 0.3 is 0 Å². The molecule has 0 aliphatic rings. The standard InChI is InChI=1S/C9H12N4/c10-3-5-13-8-2-1-4-12-7(8)6-9(13)11/h1-2,4,6H,3,5,10-11H2. The van der Waals surface area contributed by atoms with Crippen LogP contribution in [0.25, 0.3) is 11.0 Å². The van der Waals surface area contributed by atoms with E-state index in [1.807, 2.05) is 22.8 Å². The van der Waals surface area contributed by atoms with Gasteiger partial charge in [0.25, 0.3) is 0 Å². The first-order valence-electron chi connectivity index (χ1n) is 4.22. The van der Waals surface area contributed by atoms with Crippen LogP contribution in [0, 0.1) is 0 Å². The smallest absolute Gasteiger partial charge is 0.105 e. The highest BCUT2D eigenvalue weighted by atomic mass is 15.1. The van der Waals surface area contributed by atoms with Crippen molar-refractivity contribution >= 4 is 16.9 Å². The molecule has 0 aromatic carbocycles. The molecule has 2 rings (SSSR count). The van der Waals surface area contributed by atoms with E-state index in [0.717, 1.165) is 23.4 Å². The van der Waals surface area contributed by atoms with Crippen LogP contribution in [-0.2, 0) is 6.54 Å². The molecule has 0 saturated heterocycles. The third-order valence-corrected chi connectivity index (χ3v) is 2.06. The molecule has 4 heteroatoms. The number of aromatic nitrogens is 2. The lowest BCUT2D eigenvalue weighted by atomic mass is 10.4. The summed E-state index contributed by atoms with van der Waals surface area (Å²) in [5.41, 5.74) is 13.3. The predicted molar refractivity (Wildman–Crippen MR) is 53.2 cm³/mol. The summed E-state index contributed by atoms with van der Waals surface area (Å²) in [5.74, 6) is 0.721. The number of nitrogens with two attached hydrogens (primary N) is 2. The normalized spacial score (nSPS) is 10.8. The van der Waals surface area contributed by atoms with Crippen LogP contribution in [0.3, 0.4) is 0 Å². The summed E-state index contributed by atoms with van der Waals surface area (Å²) in [6.07, 6.45) is 1.76. The zero-order valence-corrected chi connectivity index (χ0v) is 7.27. The minimum absolute atomic E-state index is 0.586. The molecule has 4 nitrogen and oxygen atoms in total. The highest BCUT2D eigenvalue weighted by Gasteiger charge is 2.04. The van der Waals surface area contributed by atoms with Gasteiger partial charge in [0, 0.05) is 25.4 Å². The second-order valence-corrected chi connectivity index (χ2v) is 2.92. The Hall–Kier alpha value is -1.55. The SMILES string of the molecule is NCCn1c(N)cc2ncccc21. The predicted octanol–water partition coefficient (Wildman–Crippen LogP) is 0.577. The molecule has 0 atom stereocenters. The molecule has 0 bridgehead atoms. The number of hydrogen-bond acceptors (Lipinski definition) is 3. The first kappa shape index (κ1) is 8.07. The molecule has 0 fully saturated rings. The average molecular weight is 176 g/mol. The van der Waals surface area contributed by atoms with Crippen LogP contribution in [0.1, 0.15) is 0 Å². The van der Waals surface area contributed by atoms with Gasteiger partial charge < -0.3 is 16.0 Å². The number of hydrogen-bond donors (Lipinski definition) is 2. The molecule has 2 aromatic rings. The maximum atomic E-state index is 5.81. The summed E-state index contributed by atoms with van der Waals surface area (Å²) in [7, 11) is 0. The molecular formula is C9H12N4. The topological polar surface area (TPSA) is 69.9 Å². The highest BCUT2D eigenvalue weighted by molar-refractivity contribution is 5.80. The van der Waals surface area contributed by atoms with Crippen molar-refractivity contribution in [2.45, 2.75) is 6.54 Å². The zero-order valence-electron chi connectivity index (χ0n) is 7.27. The van der Waals surface area contributed by atoms with Crippen molar-refractivity contribution < 1.29 is 0 Å². The van der Waals surface area contributed by atoms with Crippen molar-refractivity contribution in [3.05, 3.63) is 24.4 Å². The molecule has 0 aliphatic carbocycles. The van der Waals surface area contributed by atoms with Gasteiger partial charge in [-0.2, -0.15) is 0 Å². The van der Waals surface area contributed by atoms with E-state index in [2.05, 4.69) is 4.98 Å². The van der Waals surface area contributed by atoms with E-state index in [9.17, 15) is 0 Å². The lowest BCUT2D eigenvalue weighted by Crippen LogP contribution is -2.11. The lowest BCUT2D eigenvalue weighted by Gasteiger charge is -2.04. The van der Waals surface area contributed by atoms with Crippen molar-refractivity contribution in [2.24, 2.45) is 5.73 Å². The van der Waals surface area contributed by atoms with Gasteiger partial charge in [0.05, 0.1) is 11.0 Å². The number of pyridine rings is 1. The van der Waals surface area contributed by atoms with Gasteiger partial charge in [-0.05, 0) is 12.1 Å². The third-order valence-electron chi connectivity index (χ3n) is 2.06. The fourth-order valence-corrected chi connectivity index (χ4v) is 1.48. The van der Waals surface area contributed by atoms with Gasteiger partial charge in [-0.1, -0.05) is 0 Å². The number of rotatable bonds is 2. The van der Waals surface area contributed by atoms with Crippen molar-refractivity contribution in [3.8, 4) is 0 Å². The molecular weight excluding hydrogens is 164 g/mol. The maximum absolute atomic E-state index is 5.81. The van der Waals surface area contributed by atoms with Gasteiger partial charge in [-0.25, -0.2) is 0 Å². The molecule has 68 valence electrons. The van der Waals surface area contributed by atoms with Gasteiger partial charge in [0.15, 0.2) is 0 Å². The van der Waals surface area contributed by atoms with E-state index in [0.29, 0.717) is 6.54 Å². The van der Waals surface area contributed by atoms with Gasteiger partial charge in [0.1, 0.15) is 5.82 Å². The Morgan fingerprint density at radius 3 is 3.08 bits per heavy atom. The molecule has 13 heavy (non-hydrogen) atoms. The summed E-state index contributed by atoms with van der Waals surface area (Å²) in [6.45, 7) is 1.32. The molecule has 2 aromatic heterocycles. The number of nitrogen functional groups attached to an aromatic ring is 1. The van der Waals surface area contributed by atoms with Crippen molar-refractivity contribution in [2.75, 3.05) is 12.3 Å². The number of fused-ring (bicyclic) bond motifs is 1. The van der Waals surface area contributed by atoms with Crippen LogP contribution in [0.2, 0.25) is 0 Å². The number of nitrogens with zero attached hydrogens (tertiary/aromatic N) is 2. The Morgan fingerprint density at radius 1 is 1.46 bits per heavy atom. The van der Waals surface area contributed by atoms with Crippen LogP contribution in [0.4, 0.5) is 5.82 Å². The Labute approximate surface area is 76.2 Å². The number of anilines is 1. The van der Waals surface area contributed by atoms with Crippen LogP contribution in [-0.4, -0.2) is 16.1 Å². The van der Waals surface area contributed by atoms with E-state index in [1.165, 1.54) is 0 Å². The monoisotopic (exact) mass is 176 g/mol. The van der Waals surface area contributed by atoms with E-state index < -0.39 is 0 Å². The zero-order chi connectivity index (χ0) is 9.26. The Morgan fingerprint density at radius 2 is 2.31 bits per heavy atom. The Kier molecular flexibility index (Phi) is 1.90. The fourth-order valence-electron chi connectivity index (χ4n) is 1.48. The Balaban J connectivity index is 2.64. The van der Waals surface area contributed by atoms with Crippen LogP contribution in [0.5, 0.6) is 0 Å². The molecule has 0 aliphatic heterocycles. The largest absolute Gasteiger partial charge is 0.385 e. The third kappa shape index (κ3) is 1.25. The second kappa shape index (κ2) is 3.06. The maximum Gasteiger partial charge on any atom is 0.105 e. The van der Waals surface area contributed by atoms with Gasteiger partial charge in [-0.15, -0.1) is 0 Å². The second-order valence-electron chi connectivity index (χ2n) is 2.92. The molecule has 0 saturated carbocycles. The van der Waals surface area contributed by atoms with E-state index >= 15 is 0 Å². The first-order valence-corrected chi connectivity index (χ1v) is 4.22. The van der Waals surface area contributed by atoms with Crippen LogP contribution in [0.15, 0.2) is 24.4 Å². The molecule has 0 unspecified atom stereocenters. The minimum Gasteiger partial charge on any atom is -0.385 e. The first-order chi connectivity index (χ1) is 6.33. The van der Waals surface area contributed by atoms with Gasteiger partial charge in [0.2, 0.25) is 0 Å². The van der Waals surface area contributed by atoms with Crippen LogP contribution < -0.4 is 11.5 Å². The summed E-state index contributed by atoms with van der Waals surface area (Å²) in [4.78, 5) is 4.20. The van der Waals surface area contributed by atoms with Crippen molar-refractivity contribution in [1.82, 2.24) is 9.55 Å². The lowest BCUT2D eigenvalue weighted by molar-refractivity contribution is 0.744. The molecule has 0 spiro atoms. The summed E-state index contributed by atoms with van der Waals surface area (Å²) in [5, 5.41) is 0. The Bertz CT molecular complexity index is 418. The summed E-state index contributed by atoms with van der Waals surface area (Å²) < 4.78 is 1.97. The van der Waals surface area contributed by atoms with Crippen molar-refractivity contribution in [3.63, 3.8) is 0 Å². The molecule has 4 N–H and O–H groups in total. The van der Waals surface area contributed by atoms with Crippen LogP contribution >= 0.6 is 0 Å². The van der Waals surface area contributed by atoms with Gasteiger partial charge in [-0.3, -0.25) is 4.98 Å². The summed E-state index contributed by atoms with van der Waals surface area (Å²) in [6, 6.07) is 5.76. The quantitative estimate of drug-likeness (QED) is 0.703. The molecule has 0 radical (unpaired) electrons. The summed E-state index contributed by atoms with van der Waals surface area (Å²) >= 11 is 0. The average Bonchev–Trinajstić information content (AvgIpc) is 2.44.